The summed E-state index contributed by atoms with van der Waals surface area (Å²) in [4.78, 5) is 17.7. The summed E-state index contributed by atoms with van der Waals surface area (Å²) in [6, 6.07) is 10.8. The monoisotopic (exact) mass is 402 g/mol. The first-order valence-electron chi connectivity index (χ1n) is 12.3. The Morgan fingerprint density at radius 2 is 1.80 bits per heavy atom. The Morgan fingerprint density at radius 3 is 2.67 bits per heavy atom. The van der Waals surface area contributed by atoms with E-state index in [-0.39, 0.29) is 5.78 Å². The molecule has 4 aliphatic rings. The Morgan fingerprint density at radius 1 is 0.900 bits per heavy atom. The third-order valence-corrected chi connectivity index (χ3v) is 8.86. The van der Waals surface area contributed by atoms with Crippen LogP contribution in [0.25, 0.3) is 10.8 Å². The molecule has 1 saturated heterocycles. The molecule has 0 amide bonds. The van der Waals surface area contributed by atoms with E-state index in [1.54, 1.807) is 0 Å². The van der Waals surface area contributed by atoms with E-state index in [9.17, 15) is 4.79 Å². The van der Waals surface area contributed by atoms with E-state index in [4.69, 9.17) is 0 Å². The molecule has 1 atom stereocenters. The van der Waals surface area contributed by atoms with Crippen molar-refractivity contribution in [2.75, 3.05) is 37.6 Å². The average Bonchev–Trinajstić information content (AvgIpc) is 2.92. The van der Waals surface area contributed by atoms with Crippen LogP contribution in [0.4, 0.5) is 5.69 Å². The maximum atomic E-state index is 12.4. The Balaban J connectivity index is 1.20. The molecule has 2 aromatic carbocycles. The molecule has 3 fully saturated rings. The molecule has 6 rings (SSSR count). The van der Waals surface area contributed by atoms with Crippen LogP contribution in [0, 0.1) is 11.3 Å². The lowest BCUT2D eigenvalue weighted by molar-refractivity contribution is -0.0109. The molecule has 2 saturated carbocycles. The molecule has 1 spiro atoms. The number of carbonyl (C=O) groups is 1. The highest BCUT2D eigenvalue weighted by molar-refractivity contribution is 6.17. The summed E-state index contributed by atoms with van der Waals surface area (Å²) in [7, 11) is 0. The van der Waals surface area contributed by atoms with Crippen LogP contribution in [0.1, 0.15) is 67.3 Å². The van der Waals surface area contributed by atoms with Crippen molar-refractivity contribution in [2.45, 2.75) is 57.8 Å². The van der Waals surface area contributed by atoms with Gasteiger partial charge in [-0.05, 0) is 67.0 Å². The number of anilines is 1. The van der Waals surface area contributed by atoms with E-state index in [0.717, 1.165) is 24.6 Å². The van der Waals surface area contributed by atoms with Gasteiger partial charge in [-0.3, -0.25) is 4.79 Å². The molecule has 1 aliphatic heterocycles. The predicted molar refractivity (Wildman–Crippen MR) is 123 cm³/mol. The predicted octanol–water partition coefficient (Wildman–Crippen LogP) is 5.45. The van der Waals surface area contributed by atoms with Crippen LogP contribution in [0.2, 0.25) is 0 Å². The van der Waals surface area contributed by atoms with E-state index in [1.807, 2.05) is 6.07 Å². The number of rotatable bonds is 3. The van der Waals surface area contributed by atoms with Gasteiger partial charge in [-0.15, -0.1) is 0 Å². The number of ketones is 1. The molecule has 0 aromatic heterocycles. The van der Waals surface area contributed by atoms with Gasteiger partial charge in [0.1, 0.15) is 0 Å². The fourth-order valence-electron chi connectivity index (χ4n) is 7.05. The standard InChI is InChI=1S/C27H34N2O/c30-25-18-20-9-10-24(22-7-3-8-23(25)26(20)22)29-15-5-14-28(16-17-29)19-21-6-1-2-11-27(21)12-4-13-27/h3,7-10,21H,1-2,4-6,11-19H2. The second-order valence-electron chi connectivity index (χ2n) is 10.4. The highest BCUT2D eigenvalue weighted by Crippen LogP contribution is 2.55. The van der Waals surface area contributed by atoms with Crippen molar-refractivity contribution in [3.05, 3.63) is 41.5 Å². The summed E-state index contributed by atoms with van der Waals surface area (Å²) < 4.78 is 0. The first-order chi connectivity index (χ1) is 14.7. The molecule has 1 heterocycles. The maximum Gasteiger partial charge on any atom is 0.167 e. The summed E-state index contributed by atoms with van der Waals surface area (Å²) in [5.41, 5.74) is 4.20. The van der Waals surface area contributed by atoms with Crippen molar-refractivity contribution in [1.82, 2.24) is 4.90 Å². The van der Waals surface area contributed by atoms with Crippen LogP contribution >= 0.6 is 0 Å². The van der Waals surface area contributed by atoms with Crippen LogP contribution in [0.3, 0.4) is 0 Å². The van der Waals surface area contributed by atoms with Crippen molar-refractivity contribution in [3.8, 4) is 0 Å². The van der Waals surface area contributed by atoms with Crippen molar-refractivity contribution in [1.29, 1.82) is 0 Å². The van der Waals surface area contributed by atoms with E-state index < -0.39 is 0 Å². The minimum Gasteiger partial charge on any atom is -0.370 e. The summed E-state index contributed by atoms with van der Waals surface area (Å²) >= 11 is 0. The van der Waals surface area contributed by atoms with E-state index in [2.05, 4.69) is 34.1 Å². The van der Waals surface area contributed by atoms with Crippen LogP contribution < -0.4 is 4.90 Å². The summed E-state index contributed by atoms with van der Waals surface area (Å²) in [6.07, 6.45) is 12.2. The van der Waals surface area contributed by atoms with Crippen molar-refractivity contribution < 1.29 is 4.79 Å². The van der Waals surface area contributed by atoms with Crippen LogP contribution in [0.5, 0.6) is 0 Å². The molecule has 2 aromatic rings. The van der Waals surface area contributed by atoms with Gasteiger partial charge >= 0.3 is 0 Å². The van der Waals surface area contributed by atoms with E-state index in [0.29, 0.717) is 11.8 Å². The molecule has 158 valence electrons. The van der Waals surface area contributed by atoms with Crippen LogP contribution in [-0.4, -0.2) is 43.4 Å². The van der Waals surface area contributed by atoms with Gasteiger partial charge in [0, 0.05) is 49.2 Å². The summed E-state index contributed by atoms with van der Waals surface area (Å²) in [6.45, 7) is 5.97. The molecular formula is C27H34N2O. The highest BCUT2D eigenvalue weighted by Gasteiger charge is 2.45. The molecular weight excluding hydrogens is 368 g/mol. The second kappa shape index (κ2) is 7.37. The van der Waals surface area contributed by atoms with Crippen molar-refractivity contribution in [3.63, 3.8) is 0 Å². The van der Waals surface area contributed by atoms with E-state index >= 15 is 0 Å². The van der Waals surface area contributed by atoms with Gasteiger partial charge in [0.05, 0.1) is 0 Å². The number of hydrogen-bond donors (Lipinski definition) is 0. The van der Waals surface area contributed by atoms with Crippen LogP contribution in [0.15, 0.2) is 30.3 Å². The van der Waals surface area contributed by atoms with Gasteiger partial charge < -0.3 is 9.80 Å². The zero-order valence-electron chi connectivity index (χ0n) is 18.2. The third kappa shape index (κ3) is 3.00. The minimum atomic E-state index is 0.284. The number of carbonyl (C=O) groups excluding carboxylic acids is 1. The number of Topliss-reactive ketones (excluding diaryl/α,β-unsaturated/α-hetero) is 1. The number of hydrogen-bond acceptors (Lipinski definition) is 3. The lowest BCUT2D eigenvalue weighted by Gasteiger charge is -2.52. The van der Waals surface area contributed by atoms with Gasteiger partial charge in [-0.1, -0.05) is 43.5 Å². The van der Waals surface area contributed by atoms with Gasteiger partial charge in [-0.25, -0.2) is 0 Å². The Kier molecular flexibility index (Phi) is 4.63. The van der Waals surface area contributed by atoms with Crippen LogP contribution in [-0.2, 0) is 6.42 Å². The van der Waals surface area contributed by atoms with Gasteiger partial charge in [0.25, 0.3) is 0 Å². The number of nitrogens with zero attached hydrogens (tertiary/aromatic N) is 2. The molecule has 1 unspecified atom stereocenters. The SMILES string of the molecule is O=C1Cc2ccc(N3CCCN(CC4CCCCC45CCC5)CC3)c3cccc1c23. The zero-order chi connectivity index (χ0) is 20.1. The van der Waals surface area contributed by atoms with Crippen molar-refractivity contribution in [2.24, 2.45) is 11.3 Å². The quantitative estimate of drug-likeness (QED) is 0.682. The first-order valence-corrected chi connectivity index (χ1v) is 12.3. The smallest absolute Gasteiger partial charge is 0.167 e. The second-order valence-corrected chi connectivity index (χ2v) is 10.4. The average molecular weight is 403 g/mol. The minimum absolute atomic E-state index is 0.284. The Hall–Kier alpha value is -1.87. The highest BCUT2D eigenvalue weighted by atomic mass is 16.1. The normalized spacial score (nSPS) is 26.2. The maximum absolute atomic E-state index is 12.4. The molecule has 0 bridgehead atoms. The topological polar surface area (TPSA) is 23.6 Å². The lowest BCUT2D eigenvalue weighted by atomic mass is 9.55. The molecule has 0 radical (unpaired) electrons. The van der Waals surface area contributed by atoms with Gasteiger partial charge in [-0.2, -0.15) is 0 Å². The fourth-order valence-corrected chi connectivity index (χ4v) is 7.05. The van der Waals surface area contributed by atoms with Gasteiger partial charge in [0.2, 0.25) is 0 Å². The largest absolute Gasteiger partial charge is 0.370 e. The number of benzene rings is 2. The summed E-state index contributed by atoms with van der Waals surface area (Å²) in [5, 5.41) is 2.50. The van der Waals surface area contributed by atoms with Crippen molar-refractivity contribution >= 4 is 22.2 Å². The summed E-state index contributed by atoms with van der Waals surface area (Å²) in [5.74, 6) is 1.22. The fraction of sp³-hybridized carbons (Fsp3) is 0.593. The van der Waals surface area contributed by atoms with Gasteiger partial charge in [0.15, 0.2) is 5.78 Å². The lowest BCUT2D eigenvalue weighted by Crippen LogP contribution is -2.46. The Bertz CT molecular complexity index is 976. The molecule has 30 heavy (non-hydrogen) atoms. The zero-order valence-corrected chi connectivity index (χ0v) is 18.2. The van der Waals surface area contributed by atoms with E-state index in [1.165, 1.54) is 93.0 Å². The third-order valence-electron chi connectivity index (χ3n) is 8.86. The molecule has 3 heteroatoms. The molecule has 3 aliphatic carbocycles. The first kappa shape index (κ1) is 18.9. The molecule has 0 N–H and O–H groups in total. The Labute approximate surface area is 180 Å². The molecule has 3 nitrogen and oxygen atoms in total.